The first-order valence-corrected chi connectivity index (χ1v) is 18.1. The van der Waals surface area contributed by atoms with Crippen LogP contribution in [0.25, 0.3) is 0 Å². The van der Waals surface area contributed by atoms with E-state index < -0.39 is 0 Å². The molecule has 4 rings (SSSR count). The number of esters is 1. The zero-order valence-electron chi connectivity index (χ0n) is 27.3. The molecule has 3 nitrogen and oxygen atoms in total. The molecule has 0 saturated heterocycles. The SMILES string of the molecule is CCCCCCCC/C=C\CCCCCCCC(=O)O[C@H]1CCC2C3C(C4CCC(O)C=C4C[C@@H]3C)[C@@H](C)C[C@@]21C. The fraction of sp³-hybridized carbons (Fsp3) is 0.868. The van der Waals surface area contributed by atoms with Crippen molar-refractivity contribution < 1.29 is 14.6 Å². The topological polar surface area (TPSA) is 46.5 Å². The quantitative estimate of drug-likeness (QED) is 0.114. The Bertz CT molecular complexity index is 860. The highest BCUT2D eigenvalue weighted by Gasteiger charge is 2.60. The summed E-state index contributed by atoms with van der Waals surface area (Å²) in [6.07, 6.45) is 30.7. The lowest BCUT2D eigenvalue weighted by molar-refractivity contribution is -0.163. The molecule has 1 N–H and O–H groups in total. The molecule has 9 atom stereocenters. The third-order valence-corrected chi connectivity index (χ3v) is 11.9. The predicted molar refractivity (Wildman–Crippen MR) is 172 cm³/mol. The number of hydrogen-bond donors (Lipinski definition) is 1. The zero-order valence-corrected chi connectivity index (χ0v) is 27.3. The molecule has 0 aliphatic heterocycles. The minimum atomic E-state index is -0.230. The first-order chi connectivity index (χ1) is 19.8. The van der Waals surface area contributed by atoms with Crippen LogP contribution in [-0.2, 0) is 9.53 Å². The number of unbranched alkanes of at least 4 members (excludes halogenated alkanes) is 11. The van der Waals surface area contributed by atoms with Crippen molar-refractivity contribution in [2.24, 2.45) is 40.9 Å². The van der Waals surface area contributed by atoms with E-state index in [1.54, 1.807) is 5.57 Å². The Kier molecular flexibility index (Phi) is 12.9. The predicted octanol–water partition coefficient (Wildman–Crippen LogP) is 10.4. The highest BCUT2D eigenvalue weighted by atomic mass is 16.5. The molecule has 0 heterocycles. The van der Waals surface area contributed by atoms with Crippen molar-refractivity contribution in [1.82, 2.24) is 0 Å². The van der Waals surface area contributed by atoms with Crippen LogP contribution >= 0.6 is 0 Å². The lowest BCUT2D eigenvalue weighted by Gasteiger charge is -2.58. The van der Waals surface area contributed by atoms with Crippen molar-refractivity contribution in [2.75, 3.05) is 0 Å². The molecule has 3 heteroatoms. The van der Waals surface area contributed by atoms with Gasteiger partial charge in [-0.05, 0) is 106 Å². The van der Waals surface area contributed by atoms with E-state index in [9.17, 15) is 9.90 Å². The van der Waals surface area contributed by atoms with Gasteiger partial charge in [-0.1, -0.05) is 103 Å². The number of hydrogen-bond acceptors (Lipinski definition) is 3. The summed E-state index contributed by atoms with van der Waals surface area (Å²) >= 11 is 0. The monoisotopic (exact) mass is 568 g/mol. The van der Waals surface area contributed by atoms with E-state index >= 15 is 0 Å². The fourth-order valence-electron chi connectivity index (χ4n) is 9.97. The number of allylic oxidation sites excluding steroid dienone is 3. The fourth-order valence-corrected chi connectivity index (χ4v) is 9.97. The van der Waals surface area contributed by atoms with Gasteiger partial charge in [0.25, 0.3) is 0 Å². The third-order valence-electron chi connectivity index (χ3n) is 11.9. The Balaban J connectivity index is 1.12. The Morgan fingerprint density at radius 3 is 2.24 bits per heavy atom. The van der Waals surface area contributed by atoms with Crippen molar-refractivity contribution in [1.29, 1.82) is 0 Å². The molecule has 3 saturated carbocycles. The maximum atomic E-state index is 12.9. The Morgan fingerprint density at radius 1 is 0.878 bits per heavy atom. The van der Waals surface area contributed by atoms with Crippen LogP contribution in [0.5, 0.6) is 0 Å². The van der Waals surface area contributed by atoms with Gasteiger partial charge in [-0.15, -0.1) is 0 Å². The van der Waals surface area contributed by atoms with Gasteiger partial charge in [0.15, 0.2) is 0 Å². The van der Waals surface area contributed by atoms with E-state index in [4.69, 9.17) is 4.74 Å². The molecule has 234 valence electrons. The molecule has 4 aliphatic rings. The number of aliphatic hydroxyl groups is 1. The maximum Gasteiger partial charge on any atom is 0.306 e. The Labute approximate surface area is 253 Å². The van der Waals surface area contributed by atoms with Crippen LogP contribution in [0.15, 0.2) is 23.8 Å². The summed E-state index contributed by atoms with van der Waals surface area (Å²) in [6, 6.07) is 0. The number of rotatable bonds is 16. The van der Waals surface area contributed by atoms with Crippen molar-refractivity contribution in [3.63, 3.8) is 0 Å². The summed E-state index contributed by atoms with van der Waals surface area (Å²) < 4.78 is 6.29. The van der Waals surface area contributed by atoms with Crippen molar-refractivity contribution in [3.05, 3.63) is 23.8 Å². The number of fused-ring (bicyclic) bond motifs is 5. The molecule has 0 bridgehead atoms. The van der Waals surface area contributed by atoms with Gasteiger partial charge in [0.1, 0.15) is 6.10 Å². The average molecular weight is 569 g/mol. The largest absolute Gasteiger partial charge is 0.462 e. The summed E-state index contributed by atoms with van der Waals surface area (Å²) in [6.45, 7) is 9.67. The van der Waals surface area contributed by atoms with E-state index in [-0.39, 0.29) is 23.6 Å². The number of carbonyl (C=O) groups is 1. The second-order valence-electron chi connectivity index (χ2n) is 15.0. The lowest BCUT2D eigenvalue weighted by Crippen LogP contribution is -2.54. The zero-order chi connectivity index (χ0) is 29.2. The van der Waals surface area contributed by atoms with Crippen LogP contribution in [0.4, 0.5) is 0 Å². The Morgan fingerprint density at radius 2 is 1.54 bits per heavy atom. The highest BCUT2D eigenvalue weighted by Crippen LogP contribution is 2.65. The molecule has 5 unspecified atom stereocenters. The van der Waals surface area contributed by atoms with Gasteiger partial charge in [0.05, 0.1) is 6.10 Å². The molecule has 41 heavy (non-hydrogen) atoms. The normalized spacial score (nSPS) is 36.5. The summed E-state index contributed by atoms with van der Waals surface area (Å²) in [7, 11) is 0. The first kappa shape index (κ1) is 32.8. The molecular formula is C38H64O3. The third kappa shape index (κ3) is 8.51. The van der Waals surface area contributed by atoms with Crippen molar-refractivity contribution in [3.8, 4) is 0 Å². The lowest BCUT2D eigenvalue weighted by atomic mass is 9.47. The van der Waals surface area contributed by atoms with Gasteiger partial charge in [-0.3, -0.25) is 4.79 Å². The summed E-state index contributed by atoms with van der Waals surface area (Å²) in [5, 5.41) is 10.3. The van der Waals surface area contributed by atoms with Crippen LogP contribution < -0.4 is 0 Å². The molecular weight excluding hydrogens is 504 g/mol. The summed E-state index contributed by atoms with van der Waals surface area (Å²) in [4.78, 5) is 12.9. The molecule has 0 aromatic rings. The molecule has 3 fully saturated rings. The van der Waals surface area contributed by atoms with Crippen LogP contribution in [-0.4, -0.2) is 23.3 Å². The molecule has 0 amide bonds. The van der Waals surface area contributed by atoms with Gasteiger partial charge in [0.2, 0.25) is 0 Å². The number of carbonyl (C=O) groups excluding carboxylic acids is 1. The molecule has 0 spiro atoms. The Hall–Kier alpha value is -1.09. The van der Waals surface area contributed by atoms with Crippen molar-refractivity contribution >= 4 is 5.97 Å². The molecule has 4 aliphatic carbocycles. The minimum absolute atomic E-state index is 0.0486. The van der Waals surface area contributed by atoms with Gasteiger partial charge in [-0.25, -0.2) is 0 Å². The molecule has 0 radical (unpaired) electrons. The van der Waals surface area contributed by atoms with E-state index in [1.165, 1.54) is 83.5 Å². The van der Waals surface area contributed by atoms with Gasteiger partial charge >= 0.3 is 5.97 Å². The summed E-state index contributed by atoms with van der Waals surface area (Å²) in [5.41, 5.74) is 1.68. The van der Waals surface area contributed by atoms with E-state index in [2.05, 4.69) is 45.9 Å². The van der Waals surface area contributed by atoms with Crippen molar-refractivity contribution in [2.45, 2.75) is 168 Å². The van der Waals surface area contributed by atoms with E-state index in [1.807, 2.05) is 0 Å². The van der Waals surface area contributed by atoms with Gasteiger partial charge in [0, 0.05) is 11.8 Å². The average Bonchev–Trinajstić information content (AvgIpc) is 3.25. The van der Waals surface area contributed by atoms with Crippen LogP contribution in [0.1, 0.15) is 156 Å². The van der Waals surface area contributed by atoms with Crippen LogP contribution in [0, 0.1) is 40.9 Å². The highest BCUT2D eigenvalue weighted by molar-refractivity contribution is 5.69. The van der Waals surface area contributed by atoms with Crippen LogP contribution in [0.3, 0.4) is 0 Å². The standard InChI is InChI=1S/C38H64O3/c1-5-6-7-8-9-10-11-12-13-14-15-16-17-18-19-20-35(40)41-34-24-23-33-37-28(2)25-30-26-31(39)21-22-32(30)36(37)29(3)27-38(33,34)4/h12-13,26,28-29,31-34,36-37,39H,5-11,14-25,27H2,1-4H3/b13-12-/t28-,29-,31?,32?,33?,34-,36?,37?,38-/m0/s1. The van der Waals surface area contributed by atoms with E-state index in [0.29, 0.717) is 30.1 Å². The van der Waals surface area contributed by atoms with Gasteiger partial charge in [-0.2, -0.15) is 0 Å². The molecule has 0 aromatic carbocycles. The molecule has 0 aromatic heterocycles. The van der Waals surface area contributed by atoms with E-state index in [0.717, 1.165) is 50.4 Å². The van der Waals surface area contributed by atoms with Crippen LogP contribution in [0.2, 0.25) is 0 Å². The first-order valence-electron chi connectivity index (χ1n) is 18.1. The maximum absolute atomic E-state index is 12.9. The van der Waals surface area contributed by atoms with Gasteiger partial charge < -0.3 is 9.84 Å². The number of ether oxygens (including phenoxy) is 1. The second kappa shape index (κ2) is 16.1. The number of aliphatic hydroxyl groups excluding tert-OH is 1. The second-order valence-corrected chi connectivity index (χ2v) is 15.0. The summed E-state index contributed by atoms with van der Waals surface area (Å²) in [5.74, 6) is 4.16. The minimum Gasteiger partial charge on any atom is -0.462 e. The smallest absolute Gasteiger partial charge is 0.306 e.